The fraction of sp³-hybridized carbons (Fsp3) is 1.00. The number of rotatable bonds is 18. The molecule has 404 valence electrons. The number of hydrogen-bond acceptors (Lipinski definition) is 19. The minimum Gasteiger partial charge on any atom is -0.870 e. The summed E-state index contributed by atoms with van der Waals surface area (Å²) in [5, 5.41) is 95.2. The molecule has 0 aliphatic rings. The van der Waals surface area contributed by atoms with E-state index < -0.39 is 50.4 Å². The third-order valence-corrected chi connectivity index (χ3v) is 4.43. The molecular formula is C45H100La3NaO19. The first-order valence-corrected chi connectivity index (χ1v) is 20.3. The summed E-state index contributed by atoms with van der Waals surface area (Å²) in [5.41, 5.74) is -8.30. The number of hydrogen-bond donors (Lipinski definition) is 0. The maximum Gasteiger partial charge on any atom is 3.00 e. The quantitative estimate of drug-likeness (QED) is 0.116. The molecule has 0 fully saturated rings. The third kappa shape index (κ3) is 209. The summed E-state index contributed by atoms with van der Waals surface area (Å²) >= 11 is 0. The van der Waals surface area contributed by atoms with Crippen LogP contribution in [0.2, 0.25) is 0 Å². The maximum atomic E-state index is 10.6. The van der Waals surface area contributed by atoms with Gasteiger partial charge in [-0.2, -0.15) is 0 Å². The molecule has 0 aliphatic carbocycles. The summed E-state index contributed by atoms with van der Waals surface area (Å²) in [4.78, 5) is 0. The third-order valence-electron chi connectivity index (χ3n) is 4.43. The van der Waals surface area contributed by atoms with E-state index in [1.165, 1.54) is 64.0 Å². The monoisotopic (exact) mass is 1380 g/mol. The molecule has 19 nitrogen and oxygen atoms in total. The van der Waals surface area contributed by atoms with Gasteiger partial charge in [0.05, 0.1) is 0 Å². The molecule has 0 atom stereocenters. The van der Waals surface area contributed by atoms with E-state index in [-0.39, 0.29) is 201 Å². The van der Waals surface area contributed by atoms with Gasteiger partial charge in [0, 0.05) is 123 Å². The summed E-state index contributed by atoms with van der Waals surface area (Å²) in [7, 11) is 13.7. The van der Waals surface area contributed by atoms with Gasteiger partial charge in [-0.15, -0.1) is 0 Å². The molecule has 0 unspecified atom stereocenters. The molecule has 0 heterocycles. The van der Waals surface area contributed by atoms with E-state index in [9.17, 15) is 46.0 Å². The van der Waals surface area contributed by atoms with E-state index in [0.29, 0.717) is 0 Å². The van der Waals surface area contributed by atoms with Gasteiger partial charge in [-0.25, -0.2) is 0 Å². The first kappa shape index (κ1) is 108. The molecule has 0 aromatic rings. The van der Waals surface area contributed by atoms with Gasteiger partial charge in [0.2, 0.25) is 0 Å². The zero-order valence-corrected chi connectivity index (χ0v) is 61.3. The largest absolute Gasteiger partial charge is 3.00 e. The van der Waals surface area contributed by atoms with Gasteiger partial charge < -0.3 is 94.1 Å². The van der Waals surface area contributed by atoms with E-state index in [0.717, 1.165) is 0 Å². The Morgan fingerprint density at radius 3 is 0.250 bits per heavy atom. The van der Waals surface area contributed by atoms with Gasteiger partial charge in [-0.1, -0.05) is 175 Å². The van der Waals surface area contributed by atoms with E-state index in [1.54, 1.807) is 125 Å². The summed E-state index contributed by atoms with van der Waals surface area (Å²) in [6.07, 6.45) is 0. The molecule has 68 heavy (non-hydrogen) atoms. The Morgan fingerprint density at radius 2 is 0.250 bits per heavy atom. The SMILES string of the molecule is COCC(C)(C)[O-].COCC(C)(C)[O-].COCC(C)(C)[O-].COCC(C)(C)[O-].COCC(C)(C)[O-].COCC(C)(C)[O-].COCC(C)(C)[O-].COCC(C)(C)[O-].COCC(C)(C)[O-].[La+3].[La+3].[La+3].[Na+].[OH-]. The van der Waals surface area contributed by atoms with Crippen molar-refractivity contribution in [1.82, 2.24) is 0 Å². The second-order valence-electron chi connectivity index (χ2n) is 19.7. The number of ether oxygens (including phenoxy) is 9. The summed E-state index contributed by atoms with van der Waals surface area (Å²) in [6.45, 7) is 31.2. The Labute approximate surface area is 522 Å². The van der Waals surface area contributed by atoms with Gasteiger partial charge in [-0.3, -0.25) is 0 Å². The van der Waals surface area contributed by atoms with Gasteiger partial charge in [0.15, 0.2) is 0 Å². The van der Waals surface area contributed by atoms with Crippen LogP contribution in [0.15, 0.2) is 0 Å². The van der Waals surface area contributed by atoms with Crippen molar-refractivity contribution in [1.29, 1.82) is 0 Å². The summed E-state index contributed by atoms with van der Waals surface area (Å²) < 4.78 is 41.3. The average molecular weight is 1380 g/mol. The van der Waals surface area contributed by atoms with Crippen LogP contribution in [0.4, 0.5) is 0 Å². The predicted octanol–water partition coefficient (Wildman–Crippen LogP) is -5.23. The van der Waals surface area contributed by atoms with Gasteiger partial charge in [0.1, 0.15) is 0 Å². The maximum absolute atomic E-state index is 10.6. The predicted molar refractivity (Wildman–Crippen MR) is 236 cm³/mol. The molecule has 0 rings (SSSR count). The fourth-order valence-corrected chi connectivity index (χ4v) is 3.13. The average Bonchev–Trinajstić information content (AvgIpc) is 2.94. The molecule has 0 bridgehead atoms. The van der Waals surface area contributed by atoms with Crippen molar-refractivity contribution in [3.05, 3.63) is 0 Å². The topological polar surface area (TPSA) is 321 Å². The van der Waals surface area contributed by atoms with E-state index in [4.69, 9.17) is 0 Å². The van der Waals surface area contributed by atoms with E-state index in [1.807, 2.05) is 0 Å². The zero-order valence-electron chi connectivity index (χ0n) is 48.4. The molecule has 0 radical (unpaired) electrons. The smallest absolute Gasteiger partial charge is 0.870 e. The molecule has 0 aliphatic heterocycles. The van der Waals surface area contributed by atoms with Crippen molar-refractivity contribution in [2.45, 2.75) is 175 Å². The van der Waals surface area contributed by atoms with Gasteiger partial charge in [0.25, 0.3) is 0 Å². The number of methoxy groups -OCH3 is 9. The molecule has 0 spiro atoms. The van der Waals surface area contributed by atoms with Crippen molar-refractivity contribution in [2.24, 2.45) is 0 Å². The van der Waals surface area contributed by atoms with E-state index >= 15 is 0 Å². The van der Waals surface area contributed by atoms with Crippen molar-refractivity contribution < 1.29 is 230 Å². The summed E-state index contributed by atoms with van der Waals surface area (Å²) in [5.74, 6) is 0. The van der Waals surface area contributed by atoms with Crippen LogP contribution in [0.3, 0.4) is 0 Å². The van der Waals surface area contributed by atoms with Crippen molar-refractivity contribution >= 4 is 0 Å². The Balaban J connectivity index is -0.0000000398. The second kappa shape index (κ2) is 60.1. The first-order valence-electron chi connectivity index (χ1n) is 20.3. The van der Waals surface area contributed by atoms with Crippen molar-refractivity contribution in [2.75, 3.05) is 123 Å². The fourth-order valence-electron chi connectivity index (χ4n) is 3.13. The standard InChI is InChI=1S/9C5H11O2.3La.Na.H2O/c9*1-5(2,6)4-7-3;;;;;/h9*4H2,1-3H3;;;;;1H2/q9*-1;3*+3;+1;/p-1. The van der Waals surface area contributed by atoms with Crippen LogP contribution >= 0.6 is 0 Å². The van der Waals surface area contributed by atoms with Crippen molar-refractivity contribution in [3.63, 3.8) is 0 Å². The van der Waals surface area contributed by atoms with Crippen LogP contribution in [-0.2, 0) is 42.6 Å². The van der Waals surface area contributed by atoms with Crippen molar-refractivity contribution in [3.8, 4) is 0 Å². The Bertz CT molecular complexity index is 656. The van der Waals surface area contributed by atoms with Crippen LogP contribution in [-0.4, -0.2) is 179 Å². The van der Waals surface area contributed by atoms with Gasteiger partial charge in [-0.05, 0) is 0 Å². The molecular weight excluding hydrogens is 1280 g/mol. The first-order chi connectivity index (χ1) is 27.5. The second-order valence-corrected chi connectivity index (χ2v) is 19.7. The molecule has 0 aromatic carbocycles. The minimum atomic E-state index is -0.922. The Hall–Kier alpha value is 3.82. The molecule has 23 heteroatoms. The van der Waals surface area contributed by atoms with Crippen LogP contribution in [0.1, 0.15) is 125 Å². The van der Waals surface area contributed by atoms with Crippen LogP contribution < -0.4 is 75.5 Å². The minimum absolute atomic E-state index is 0. The molecule has 0 aromatic heterocycles. The van der Waals surface area contributed by atoms with Crippen LogP contribution in [0.5, 0.6) is 0 Å². The van der Waals surface area contributed by atoms with Gasteiger partial charge >= 0.3 is 136 Å². The molecule has 0 saturated heterocycles. The van der Waals surface area contributed by atoms with Crippen LogP contribution in [0, 0.1) is 107 Å². The molecule has 1 N–H and O–H groups in total. The zero-order chi connectivity index (χ0) is 53.2. The Kier molecular flexibility index (Phi) is 95.2. The van der Waals surface area contributed by atoms with E-state index in [2.05, 4.69) is 42.6 Å². The molecule has 0 amide bonds. The molecule has 0 saturated carbocycles. The normalized spacial score (nSPS) is 11.1. The summed E-state index contributed by atoms with van der Waals surface area (Å²) in [6, 6.07) is 0. The van der Waals surface area contributed by atoms with Crippen LogP contribution in [0.25, 0.3) is 0 Å². The Morgan fingerprint density at radius 1 is 0.206 bits per heavy atom.